The van der Waals surface area contributed by atoms with E-state index in [4.69, 9.17) is 4.74 Å². The average Bonchev–Trinajstić information content (AvgIpc) is 2.84. The Morgan fingerprint density at radius 1 is 0.946 bits per heavy atom. The van der Waals surface area contributed by atoms with Crippen molar-refractivity contribution in [2.45, 2.75) is 13.1 Å². The minimum atomic E-state index is -4.67. The third-order valence-electron chi connectivity index (χ3n) is 5.20. The molecular weight excluding hydrogens is 499 g/mol. The molecular formula is C24H18F3N3O7. The molecule has 0 saturated heterocycles. The molecule has 0 bridgehead atoms. The normalized spacial score (nSPS) is 10.9. The first-order valence-corrected chi connectivity index (χ1v) is 10.3. The quantitative estimate of drug-likeness (QED) is 0.291. The number of hydrogen-bond donors (Lipinski definition) is 3. The summed E-state index contributed by atoms with van der Waals surface area (Å²) < 4.78 is 44.7. The number of benzene rings is 3. The number of methoxy groups -OCH3 is 1. The summed E-state index contributed by atoms with van der Waals surface area (Å²) in [5.74, 6) is -3.40. The lowest BCUT2D eigenvalue weighted by Gasteiger charge is -2.14. The molecule has 3 aromatic carbocycles. The predicted molar refractivity (Wildman–Crippen MR) is 125 cm³/mol. The van der Waals surface area contributed by atoms with Crippen LogP contribution >= 0.6 is 0 Å². The van der Waals surface area contributed by atoms with Gasteiger partial charge in [-0.15, -0.1) is 0 Å². The standard InChI is InChI=1S/C24H18F3N3O7/c1-12-3-5-14(10-18(12)24(25,26)27)28-22(32)17-9-13(4-7-16(17)23(33)34)21(31)29-19-8-6-15(30(35)36)11-20(19)37-2/h3-11H,1-2H3,(H,28,32)(H,29,31)(H,33,34). The van der Waals surface area contributed by atoms with Crippen LogP contribution in [0.3, 0.4) is 0 Å². The lowest BCUT2D eigenvalue weighted by molar-refractivity contribution is -0.384. The van der Waals surface area contributed by atoms with E-state index in [0.29, 0.717) is 6.07 Å². The van der Waals surface area contributed by atoms with Crippen molar-refractivity contribution < 1.29 is 42.3 Å². The van der Waals surface area contributed by atoms with E-state index in [1.54, 1.807) is 0 Å². The summed E-state index contributed by atoms with van der Waals surface area (Å²) in [6.45, 7) is 1.25. The fraction of sp³-hybridized carbons (Fsp3) is 0.125. The fourth-order valence-electron chi connectivity index (χ4n) is 3.35. The summed E-state index contributed by atoms with van der Waals surface area (Å²) in [4.78, 5) is 47.6. The number of anilines is 2. The van der Waals surface area contributed by atoms with E-state index in [9.17, 15) is 42.8 Å². The molecule has 0 aliphatic heterocycles. The van der Waals surface area contributed by atoms with Gasteiger partial charge in [-0.2, -0.15) is 13.2 Å². The molecule has 13 heteroatoms. The number of ether oxygens (including phenoxy) is 1. The summed E-state index contributed by atoms with van der Waals surface area (Å²) in [5.41, 5.74) is -2.66. The van der Waals surface area contributed by atoms with Gasteiger partial charge in [0.05, 0.1) is 40.5 Å². The van der Waals surface area contributed by atoms with Crippen molar-refractivity contribution in [3.8, 4) is 5.75 Å². The smallest absolute Gasteiger partial charge is 0.416 e. The highest BCUT2D eigenvalue weighted by molar-refractivity contribution is 6.13. The number of rotatable bonds is 7. The molecule has 0 atom stereocenters. The maximum Gasteiger partial charge on any atom is 0.416 e. The van der Waals surface area contributed by atoms with E-state index >= 15 is 0 Å². The first-order valence-electron chi connectivity index (χ1n) is 10.3. The van der Waals surface area contributed by atoms with Crippen LogP contribution in [0.1, 0.15) is 42.2 Å². The largest absolute Gasteiger partial charge is 0.494 e. The molecule has 0 radical (unpaired) electrons. The summed E-state index contributed by atoms with van der Waals surface area (Å²) in [5, 5.41) is 25.1. The van der Waals surface area contributed by atoms with E-state index in [2.05, 4.69) is 10.6 Å². The molecule has 0 saturated carbocycles. The number of hydrogen-bond acceptors (Lipinski definition) is 6. The second-order valence-corrected chi connectivity index (χ2v) is 7.64. The Hall–Kier alpha value is -4.94. The van der Waals surface area contributed by atoms with Crippen molar-refractivity contribution in [1.29, 1.82) is 0 Å². The number of nitrogens with one attached hydrogen (secondary N) is 2. The van der Waals surface area contributed by atoms with Crippen LogP contribution in [-0.2, 0) is 6.18 Å². The zero-order valence-corrected chi connectivity index (χ0v) is 19.2. The molecule has 37 heavy (non-hydrogen) atoms. The maximum atomic E-state index is 13.2. The highest BCUT2D eigenvalue weighted by atomic mass is 19.4. The van der Waals surface area contributed by atoms with E-state index in [1.807, 2.05) is 0 Å². The number of alkyl halides is 3. The molecule has 0 fully saturated rings. The molecule has 3 rings (SSSR count). The zero-order chi connectivity index (χ0) is 27.5. The Morgan fingerprint density at radius 2 is 1.65 bits per heavy atom. The highest BCUT2D eigenvalue weighted by Crippen LogP contribution is 2.34. The summed E-state index contributed by atoms with van der Waals surface area (Å²) in [7, 11) is 1.23. The van der Waals surface area contributed by atoms with Crippen LogP contribution in [0.15, 0.2) is 54.6 Å². The molecule has 0 unspecified atom stereocenters. The molecule has 0 aliphatic carbocycles. The van der Waals surface area contributed by atoms with Gasteiger partial charge in [-0.25, -0.2) is 4.79 Å². The number of carbonyl (C=O) groups is 3. The lowest BCUT2D eigenvalue weighted by atomic mass is 10.0. The SMILES string of the molecule is COc1cc([N+](=O)[O-])ccc1NC(=O)c1ccc(C(=O)O)c(C(=O)Nc2ccc(C)c(C(F)(F)F)c2)c1. The Labute approximate surface area is 206 Å². The van der Waals surface area contributed by atoms with Crippen LogP contribution in [0.25, 0.3) is 0 Å². The number of carboxylic acids is 1. The molecule has 0 aliphatic rings. The molecule has 0 aromatic heterocycles. The van der Waals surface area contributed by atoms with Gasteiger partial charge in [0, 0.05) is 17.3 Å². The van der Waals surface area contributed by atoms with Crippen LogP contribution in [0.5, 0.6) is 5.75 Å². The number of nitrogens with zero attached hydrogens (tertiary/aromatic N) is 1. The Bertz CT molecular complexity index is 1420. The predicted octanol–water partition coefficient (Wildman–Crippen LogP) is 5.13. The second kappa shape index (κ2) is 10.4. The number of aromatic carboxylic acids is 1. The van der Waals surface area contributed by atoms with Crippen molar-refractivity contribution >= 4 is 34.8 Å². The molecule has 0 spiro atoms. The van der Waals surface area contributed by atoms with Gasteiger partial charge < -0.3 is 20.5 Å². The number of halogens is 3. The second-order valence-electron chi connectivity index (χ2n) is 7.64. The fourth-order valence-corrected chi connectivity index (χ4v) is 3.35. The third-order valence-corrected chi connectivity index (χ3v) is 5.20. The Kier molecular flexibility index (Phi) is 7.46. The van der Waals surface area contributed by atoms with Crippen LogP contribution in [0, 0.1) is 17.0 Å². The Balaban J connectivity index is 1.93. The summed E-state index contributed by atoms with van der Waals surface area (Å²) >= 11 is 0. The average molecular weight is 517 g/mol. The van der Waals surface area contributed by atoms with Gasteiger partial charge in [-0.3, -0.25) is 19.7 Å². The highest BCUT2D eigenvalue weighted by Gasteiger charge is 2.32. The van der Waals surface area contributed by atoms with Crippen molar-refractivity contribution in [3.63, 3.8) is 0 Å². The van der Waals surface area contributed by atoms with Crippen LogP contribution in [-0.4, -0.2) is 34.9 Å². The van der Waals surface area contributed by atoms with Gasteiger partial charge >= 0.3 is 12.1 Å². The first-order chi connectivity index (χ1) is 17.3. The van der Waals surface area contributed by atoms with Crippen LogP contribution in [0.4, 0.5) is 30.2 Å². The van der Waals surface area contributed by atoms with E-state index in [1.165, 1.54) is 26.2 Å². The number of aryl methyl sites for hydroxylation is 1. The summed E-state index contributed by atoms with van der Waals surface area (Å²) in [6.07, 6.45) is -4.67. The van der Waals surface area contributed by atoms with Crippen molar-refractivity contribution in [3.05, 3.63) is 92.5 Å². The van der Waals surface area contributed by atoms with Gasteiger partial charge in [-0.1, -0.05) is 6.07 Å². The van der Waals surface area contributed by atoms with Gasteiger partial charge in [0.1, 0.15) is 5.75 Å². The number of non-ortho nitro benzene ring substituents is 1. The zero-order valence-electron chi connectivity index (χ0n) is 19.2. The van der Waals surface area contributed by atoms with Gasteiger partial charge in [0.15, 0.2) is 0 Å². The number of amides is 2. The number of carbonyl (C=O) groups excluding carboxylic acids is 2. The van der Waals surface area contributed by atoms with Gasteiger partial charge in [0.25, 0.3) is 17.5 Å². The van der Waals surface area contributed by atoms with E-state index in [0.717, 1.165) is 36.4 Å². The molecule has 3 aromatic rings. The molecule has 192 valence electrons. The maximum absolute atomic E-state index is 13.2. The minimum Gasteiger partial charge on any atom is -0.494 e. The Morgan fingerprint density at radius 3 is 2.24 bits per heavy atom. The van der Waals surface area contributed by atoms with Crippen molar-refractivity contribution in [2.75, 3.05) is 17.7 Å². The van der Waals surface area contributed by atoms with Crippen molar-refractivity contribution in [2.24, 2.45) is 0 Å². The van der Waals surface area contributed by atoms with Crippen molar-refractivity contribution in [1.82, 2.24) is 0 Å². The van der Waals surface area contributed by atoms with Gasteiger partial charge in [-0.05, 0) is 48.9 Å². The summed E-state index contributed by atoms with van der Waals surface area (Å²) in [6, 6.07) is 9.61. The van der Waals surface area contributed by atoms with E-state index in [-0.39, 0.29) is 33.9 Å². The molecule has 10 nitrogen and oxygen atoms in total. The third kappa shape index (κ3) is 6.01. The van der Waals surface area contributed by atoms with Crippen LogP contribution < -0.4 is 15.4 Å². The van der Waals surface area contributed by atoms with Gasteiger partial charge in [0.2, 0.25) is 0 Å². The number of nitro benzene ring substituents is 1. The monoisotopic (exact) mass is 517 g/mol. The van der Waals surface area contributed by atoms with Crippen LogP contribution in [0.2, 0.25) is 0 Å². The minimum absolute atomic E-state index is 0.0255. The molecule has 3 N–H and O–H groups in total. The first kappa shape index (κ1) is 26.7. The molecule has 0 heterocycles. The van der Waals surface area contributed by atoms with E-state index < -0.39 is 45.6 Å². The number of nitro groups is 1. The number of carboxylic acid groups (broad SMARTS) is 1. The molecule has 2 amide bonds. The lowest BCUT2D eigenvalue weighted by Crippen LogP contribution is -2.20. The topological polar surface area (TPSA) is 148 Å².